The minimum Gasteiger partial charge on any atom is -0.475 e. The molecule has 0 unspecified atom stereocenters. The number of nitrogens with zero attached hydrogens (tertiary/aromatic N) is 6. The highest BCUT2D eigenvalue weighted by atomic mass is 16.5. The van der Waals surface area contributed by atoms with Crippen LogP contribution < -0.4 is 5.69 Å². The van der Waals surface area contributed by atoms with Gasteiger partial charge in [0.15, 0.2) is 0 Å². The Morgan fingerprint density at radius 2 is 1.77 bits per heavy atom. The second kappa shape index (κ2) is 9.51. The van der Waals surface area contributed by atoms with Crippen LogP contribution in [0.3, 0.4) is 0 Å². The fourth-order valence-electron chi connectivity index (χ4n) is 3.27. The number of hydrogen-bond donors (Lipinski definition) is 0. The molecule has 3 aromatic rings. The lowest BCUT2D eigenvalue weighted by Crippen LogP contribution is -2.23. The Kier molecular flexibility index (Phi) is 6.79. The van der Waals surface area contributed by atoms with Gasteiger partial charge in [-0.15, -0.1) is 5.10 Å². The van der Waals surface area contributed by atoms with Crippen LogP contribution in [0.1, 0.15) is 48.1 Å². The highest BCUT2D eigenvalue weighted by Gasteiger charge is 2.14. The Morgan fingerprint density at radius 3 is 2.39 bits per heavy atom. The van der Waals surface area contributed by atoms with E-state index in [2.05, 4.69) is 52.7 Å². The van der Waals surface area contributed by atoms with Crippen LogP contribution in [0.2, 0.25) is 0 Å². The summed E-state index contributed by atoms with van der Waals surface area (Å²) < 4.78 is 8.44. The van der Waals surface area contributed by atoms with E-state index in [0.717, 1.165) is 22.4 Å². The monoisotopic (exact) mass is 420 g/mol. The third kappa shape index (κ3) is 5.14. The average molecular weight is 421 g/mol. The van der Waals surface area contributed by atoms with E-state index in [1.807, 2.05) is 39.0 Å². The lowest BCUT2D eigenvalue weighted by molar-refractivity contribution is 0.282. The van der Waals surface area contributed by atoms with Gasteiger partial charge in [-0.25, -0.2) is 4.79 Å². The zero-order valence-electron chi connectivity index (χ0n) is 18.9. The molecule has 0 radical (unpaired) electrons. The SMILES string of the molecule is CC/C(=N\N=C(/C)c1cc(C)cc(C)c1)OCc1c(C)cccc1-n1nnn(C)c1=O. The first-order chi connectivity index (χ1) is 14.8. The van der Waals surface area contributed by atoms with E-state index >= 15 is 0 Å². The molecule has 8 heteroatoms. The van der Waals surface area contributed by atoms with Crippen molar-refractivity contribution in [3.8, 4) is 5.69 Å². The van der Waals surface area contributed by atoms with E-state index in [1.165, 1.54) is 20.5 Å². The van der Waals surface area contributed by atoms with Gasteiger partial charge in [-0.2, -0.15) is 14.5 Å². The fourth-order valence-corrected chi connectivity index (χ4v) is 3.27. The highest BCUT2D eigenvalue weighted by Crippen LogP contribution is 2.18. The molecular formula is C23H28N6O2. The summed E-state index contributed by atoms with van der Waals surface area (Å²) in [7, 11) is 1.57. The zero-order chi connectivity index (χ0) is 22.5. The Labute approximate surface area is 181 Å². The van der Waals surface area contributed by atoms with Gasteiger partial charge >= 0.3 is 5.69 Å². The first kappa shape index (κ1) is 22.1. The molecule has 0 N–H and O–H groups in total. The third-order valence-corrected chi connectivity index (χ3v) is 4.97. The minimum atomic E-state index is -0.315. The van der Waals surface area contributed by atoms with Gasteiger partial charge in [0.1, 0.15) is 6.61 Å². The van der Waals surface area contributed by atoms with Crippen molar-refractivity contribution in [2.75, 3.05) is 0 Å². The number of rotatable bonds is 6. The van der Waals surface area contributed by atoms with Gasteiger partial charge in [-0.3, -0.25) is 0 Å². The maximum absolute atomic E-state index is 12.3. The van der Waals surface area contributed by atoms with Gasteiger partial charge in [-0.1, -0.05) is 48.4 Å². The van der Waals surface area contributed by atoms with E-state index in [9.17, 15) is 4.79 Å². The molecule has 162 valence electrons. The zero-order valence-corrected chi connectivity index (χ0v) is 18.9. The molecule has 8 nitrogen and oxygen atoms in total. The number of tetrazole rings is 1. The first-order valence-electron chi connectivity index (χ1n) is 10.2. The topological polar surface area (TPSA) is 86.7 Å². The van der Waals surface area contributed by atoms with Crippen LogP contribution in [0.15, 0.2) is 51.4 Å². The standard InChI is InChI=1S/C23H28N6O2/c1-7-22(25-24-18(5)19-12-15(2)11-16(3)13-19)31-14-20-17(4)9-8-10-21(20)29-23(30)28(6)26-27-29/h8-13H,7,14H2,1-6H3/b24-18+,25-22+. The summed E-state index contributed by atoms with van der Waals surface area (Å²) in [5, 5.41) is 16.5. The molecule has 2 aromatic carbocycles. The fraction of sp³-hybridized carbons (Fsp3) is 0.348. The normalized spacial score (nSPS) is 12.3. The van der Waals surface area contributed by atoms with Crippen molar-refractivity contribution in [3.63, 3.8) is 0 Å². The number of benzene rings is 2. The van der Waals surface area contributed by atoms with Crippen molar-refractivity contribution < 1.29 is 4.74 Å². The largest absolute Gasteiger partial charge is 0.475 e. The Balaban J connectivity index is 1.84. The molecule has 0 saturated heterocycles. The van der Waals surface area contributed by atoms with Crippen molar-refractivity contribution >= 4 is 11.6 Å². The van der Waals surface area contributed by atoms with Crippen molar-refractivity contribution in [1.82, 2.24) is 19.8 Å². The van der Waals surface area contributed by atoms with Crippen LogP contribution >= 0.6 is 0 Å². The van der Waals surface area contributed by atoms with E-state index in [0.29, 0.717) is 18.0 Å². The Morgan fingerprint density at radius 1 is 1.06 bits per heavy atom. The number of hydrogen-bond acceptors (Lipinski definition) is 6. The maximum Gasteiger partial charge on any atom is 0.368 e. The summed E-state index contributed by atoms with van der Waals surface area (Å²) in [6.45, 7) is 10.2. The number of aromatic nitrogens is 4. The molecule has 0 saturated carbocycles. The van der Waals surface area contributed by atoms with E-state index < -0.39 is 0 Å². The van der Waals surface area contributed by atoms with Crippen LogP contribution in [0.4, 0.5) is 0 Å². The van der Waals surface area contributed by atoms with Crippen LogP contribution in [-0.4, -0.2) is 31.4 Å². The van der Waals surface area contributed by atoms with Crippen LogP contribution in [0.5, 0.6) is 0 Å². The number of ether oxygens (including phenoxy) is 1. The minimum absolute atomic E-state index is 0.246. The molecule has 31 heavy (non-hydrogen) atoms. The smallest absolute Gasteiger partial charge is 0.368 e. The van der Waals surface area contributed by atoms with Crippen LogP contribution in [0.25, 0.3) is 5.69 Å². The molecule has 0 aliphatic carbocycles. The number of aryl methyl sites for hydroxylation is 4. The molecule has 0 aliphatic rings. The third-order valence-electron chi connectivity index (χ3n) is 4.97. The summed E-state index contributed by atoms with van der Waals surface area (Å²) in [6.07, 6.45) is 0.593. The van der Waals surface area contributed by atoms with Gasteiger partial charge in [0.25, 0.3) is 0 Å². The van der Waals surface area contributed by atoms with Gasteiger partial charge in [0.05, 0.1) is 11.4 Å². The van der Waals surface area contributed by atoms with Gasteiger partial charge < -0.3 is 4.74 Å². The Bertz CT molecular complexity index is 1180. The molecule has 1 aromatic heterocycles. The second-order valence-corrected chi connectivity index (χ2v) is 7.57. The van der Waals surface area contributed by atoms with E-state index in [-0.39, 0.29) is 12.3 Å². The predicted octanol–water partition coefficient (Wildman–Crippen LogP) is 3.64. The molecular weight excluding hydrogens is 392 g/mol. The summed E-state index contributed by atoms with van der Waals surface area (Å²) in [6, 6.07) is 12.0. The van der Waals surface area contributed by atoms with Crippen LogP contribution in [-0.2, 0) is 18.4 Å². The maximum atomic E-state index is 12.3. The Hall–Kier alpha value is -3.55. The van der Waals surface area contributed by atoms with Gasteiger partial charge in [-0.05, 0) is 55.3 Å². The molecule has 0 amide bonds. The first-order valence-corrected chi connectivity index (χ1v) is 10.2. The second-order valence-electron chi connectivity index (χ2n) is 7.57. The van der Waals surface area contributed by atoms with Crippen molar-refractivity contribution in [2.45, 2.75) is 47.6 Å². The lowest BCUT2D eigenvalue weighted by atomic mass is 10.0. The summed E-state index contributed by atoms with van der Waals surface area (Å²) in [5.41, 5.74) is 6.40. The van der Waals surface area contributed by atoms with E-state index in [1.54, 1.807) is 7.05 Å². The van der Waals surface area contributed by atoms with Gasteiger partial charge in [0, 0.05) is 19.0 Å². The van der Waals surface area contributed by atoms with E-state index in [4.69, 9.17) is 4.74 Å². The van der Waals surface area contributed by atoms with Crippen molar-refractivity contribution in [1.29, 1.82) is 0 Å². The summed E-state index contributed by atoms with van der Waals surface area (Å²) in [4.78, 5) is 12.3. The summed E-state index contributed by atoms with van der Waals surface area (Å²) >= 11 is 0. The molecule has 0 aliphatic heterocycles. The molecule has 1 heterocycles. The molecule has 0 atom stereocenters. The van der Waals surface area contributed by atoms with Crippen LogP contribution in [0, 0.1) is 20.8 Å². The molecule has 0 fully saturated rings. The highest BCUT2D eigenvalue weighted by molar-refractivity contribution is 5.99. The molecule has 0 bridgehead atoms. The average Bonchev–Trinajstić information content (AvgIpc) is 3.06. The lowest BCUT2D eigenvalue weighted by Gasteiger charge is -2.13. The predicted molar refractivity (Wildman–Crippen MR) is 122 cm³/mol. The molecule has 0 spiro atoms. The van der Waals surface area contributed by atoms with Crippen molar-refractivity contribution in [3.05, 3.63) is 74.7 Å². The quantitative estimate of drug-likeness (QED) is 0.346. The van der Waals surface area contributed by atoms with Gasteiger partial charge in [0.2, 0.25) is 5.90 Å². The van der Waals surface area contributed by atoms with Crippen molar-refractivity contribution in [2.24, 2.45) is 17.3 Å². The summed E-state index contributed by atoms with van der Waals surface area (Å²) in [5.74, 6) is 0.518. The molecule has 3 rings (SSSR count).